The van der Waals surface area contributed by atoms with E-state index in [0.29, 0.717) is 24.3 Å². The molecule has 0 aromatic heterocycles. The van der Waals surface area contributed by atoms with Crippen LogP contribution in [-0.4, -0.2) is 41.0 Å². The number of para-hydroxylation sites is 1. The summed E-state index contributed by atoms with van der Waals surface area (Å²) in [6, 6.07) is 13.5. The fraction of sp³-hybridized carbons (Fsp3) is 0.0909. The van der Waals surface area contributed by atoms with Gasteiger partial charge in [0.1, 0.15) is 0 Å². The number of hydrogen-bond acceptors (Lipinski definition) is 8. The van der Waals surface area contributed by atoms with E-state index >= 15 is 0 Å². The minimum absolute atomic E-state index is 0.104. The van der Waals surface area contributed by atoms with Gasteiger partial charge in [0.25, 0.3) is 26.0 Å². The van der Waals surface area contributed by atoms with Crippen molar-refractivity contribution in [1.29, 1.82) is 0 Å². The maximum absolute atomic E-state index is 14.1. The topological polar surface area (TPSA) is 168 Å². The van der Waals surface area contributed by atoms with Crippen molar-refractivity contribution in [1.82, 2.24) is 5.48 Å². The number of alkyl halides is 6. The summed E-state index contributed by atoms with van der Waals surface area (Å²) in [5.74, 6) is -1.88. The van der Waals surface area contributed by atoms with E-state index in [0.717, 1.165) is 67.8 Å². The van der Waals surface area contributed by atoms with Gasteiger partial charge in [-0.2, -0.15) is 26.3 Å². The van der Waals surface area contributed by atoms with Gasteiger partial charge in [-0.3, -0.25) is 19.4 Å². The predicted octanol–water partition coefficient (Wildman–Crippen LogP) is 6.70. The van der Waals surface area contributed by atoms with Crippen LogP contribution >= 0.6 is 0 Å². The molecular formula is C33H25F6N3O8S2. The fourth-order valence-corrected chi connectivity index (χ4v) is 6.76. The molecule has 0 fully saturated rings. The number of anilines is 2. The van der Waals surface area contributed by atoms with Gasteiger partial charge in [0.2, 0.25) is 0 Å². The van der Waals surface area contributed by atoms with Crippen LogP contribution in [0.3, 0.4) is 0 Å². The monoisotopic (exact) mass is 769 g/mol. The normalized spacial score (nSPS) is 12.5. The second-order valence-electron chi connectivity index (χ2n) is 10.5. The number of halogens is 6. The van der Waals surface area contributed by atoms with E-state index in [-0.39, 0.29) is 33.6 Å². The maximum atomic E-state index is 14.1. The highest BCUT2D eigenvalue weighted by atomic mass is 32.2. The van der Waals surface area contributed by atoms with Crippen molar-refractivity contribution in [2.75, 3.05) is 16.6 Å². The van der Waals surface area contributed by atoms with Crippen molar-refractivity contribution in [2.45, 2.75) is 22.1 Å². The zero-order valence-electron chi connectivity index (χ0n) is 26.3. The highest BCUT2D eigenvalue weighted by Gasteiger charge is 2.34. The summed E-state index contributed by atoms with van der Waals surface area (Å²) in [5, 5.41) is 8.71. The van der Waals surface area contributed by atoms with Gasteiger partial charge in [-0.1, -0.05) is 30.3 Å². The predicted molar refractivity (Wildman–Crippen MR) is 176 cm³/mol. The molecular weight excluding hydrogens is 744 g/mol. The zero-order valence-corrected chi connectivity index (χ0v) is 27.9. The molecule has 274 valence electrons. The number of amides is 1. The largest absolute Gasteiger partial charge is 0.466 e. The van der Waals surface area contributed by atoms with Crippen molar-refractivity contribution in [3.8, 4) is 11.1 Å². The molecule has 0 saturated heterocycles. The summed E-state index contributed by atoms with van der Waals surface area (Å²) in [7, 11) is -8.47. The molecule has 0 radical (unpaired) electrons. The number of rotatable bonds is 11. The van der Waals surface area contributed by atoms with Gasteiger partial charge in [0, 0.05) is 12.2 Å². The van der Waals surface area contributed by atoms with Crippen LogP contribution in [0.1, 0.15) is 22.3 Å². The molecule has 0 atom stereocenters. The number of hydrogen-bond donors (Lipinski definition) is 4. The van der Waals surface area contributed by atoms with Crippen molar-refractivity contribution in [2.24, 2.45) is 0 Å². The Morgan fingerprint density at radius 1 is 0.654 bits per heavy atom. The molecule has 0 saturated carbocycles. The van der Waals surface area contributed by atoms with Crippen molar-refractivity contribution in [3.05, 3.63) is 119 Å². The van der Waals surface area contributed by atoms with E-state index < -0.39 is 65.2 Å². The highest BCUT2D eigenvalue weighted by molar-refractivity contribution is 7.93. The quantitative estimate of drug-likeness (QED) is 0.0430. The van der Waals surface area contributed by atoms with Crippen LogP contribution in [0.25, 0.3) is 23.3 Å². The van der Waals surface area contributed by atoms with E-state index in [1.54, 1.807) is 0 Å². The number of methoxy groups -OCH3 is 1. The Hall–Kier alpha value is -5.66. The lowest BCUT2D eigenvalue weighted by Gasteiger charge is -2.16. The third kappa shape index (κ3) is 9.77. The van der Waals surface area contributed by atoms with Crippen molar-refractivity contribution >= 4 is 55.4 Å². The van der Waals surface area contributed by atoms with Crippen LogP contribution in [0.15, 0.2) is 107 Å². The molecule has 4 rings (SSSR count). The fourth-order valence-electron chi connectivity index (χ4n) is 4.47. The molecule has 19 heteroatoms. The van der Waals surface area contributed by atoms with Crippen molar-refractivity contribution < 1.29 is 62.7 Å². The molecule has 0 aliphatic heterocycles. The number of nitrogens with one attached hydrogen (secondary N) is 3. The summed E-state index contributed by atoms with van der Waals surface area (Å²) in [6.07, 6.45) is -6.07. The molecule has 0 heterocycles. The van der Waals surface area contributed by atoms with Gasteiger partial charge in [-0.15, -0.1) is 0 Å². The molecule has 4 aromatic carbocycles. The Morgan fingerprint density at radius 2 is 1.25 bits per heavy atom. The van der Waals surface area contributed by atoms with Gasteiger partial charge in [-0.05, 0) is 89.0 Å². The summed E-state index contributed by atoms with van der Waals surface area (Å²) in [4.78, 5) is 21.7. The third-order valence-corrected chi connectivity index (χ3v) is 9.68. The summed E-state index contributed by atoms with van der Waals surface area (Å²) >= 11 is 0. The van der Waals surface area contributed by atoms with Crippen LogP contribution in [0.5, 0.6) is 0 Å². The minimum Gasteiger partial charge on any atom is -0.466 e. The molecule has 1 amide bonds. The number of carbonyl (C=O) groups is 2. The van der Waals surface area contributed by atoms with Crippen LogP contribution < -0.4 is 14.9 Å². The number of sulfonamides is 2. The van der Waals surface area contributed by atoms with E-state index in [2.05, 4.69) is 14.2 Å². The molecule has 0 aliphatic carbocycles. The molecule has 0 unspecified atom stereocenters. The lowest BCUT2D eigenvalue weighted by molar-refractivity contribution is -0.138. The Morgan fingerprint density at radius 3 is 1.88 bits per heavy atom. The van der Waals surface area contributed by atoms with Crippen LogP contribution in [-0.2, 0) is 46.7 Å². The highest BCUT2D eigenvalue weighted by Crippen LogP contribution is 2.37. The molecule has 0 bridgehead atoms. The second-order valence-corrected chi connectivity index (χ2v) is 13.9. The first-order valence-corrected chi connectivity index (χ1v) is 17.3. The average molecular weight is 770 g/mol. The lowest BCUT2D eigenvalue weighted by Crippen LogP contribution is -2.16. The average Bonchev–Trinajstić information content (AvgIpc) is 3.09. The Balaban J connectivity index is 1.82. The van der Waals surface area contributed by atoms with Gasteiger partial charge in [0.15, 0.2) is 0 Å². The molecule has 52 heavy (non-hydrogen) atoms. The summed E-state index contributed by atoms with van der Waals surface area (Å²) < 4.78 is 144. The minimum atomic E-state index is -5.06. The smallest absolute Gasteiger partial charge is 0.416 e. The Kier molecular flexibility index (Phi) is 11.5. The third-order valence-electron chi connectivity index (χ3n) is 6.97. The van der Waals surface area contributed by atoms with E-state index in [1.165, 1.54) is 29.7 Å². The first-order valence-electron chi connectivity index (χ1n) is 14.3. The summed E-state index contributed by atoms with van der Waals surface area (Å²) in [5.41, 5.74) is -2.26. The number of carbonyl (C=O) groups excluding carboxylic acids is 2. The first kappa shape index (κ1) is 39.1. The van der Waals surface area contributed by atoms with Crippen LogP contribution in [0.2, 0.25) is 0 Å². The number of hydroxylamine groups is 1. The SMILES string of the molecule is COC(=O)/C=C/c1cc(-c2cc(C(F)(F)F)cc(S(=O)(=O)Nc3ccccc3/C=C/C(=O)NO)c2)ccc1NS(=O)(=O)c1cccc(C(F)(F)F)c1. The van der Waals surface area contributed by atoms with Gasteiger partial charge in [0.05, 0.1) is 39.4 Å². The van der Waals surface area contributed by atoms with Crippen LogP contribution in [0.4, 0.5) is 37.7 Å². The standard InChI is InChI=1S/C33H25F6N3O8S2/c1-50-31(44)14-11-22-15-21(9-12-29(22)42-51(46,47)26-7-4-6-24(18-26)32(34,35)36)23-16-25(33(37,38)39)19-27(17-23)52(48,49)41-28-8-3-2-5-20(28)10-13-30(43)40-45/h2-19,41-42,45H,1H3,(H,40,43)/b13-10+,14-11+. The van der Waals surface area contributed by atoms with Gasteiger partial charge >= 0.3 is 18.3 Å². The maximum Gasteiger partial charge on any atom is 0.416 e. The Labute approximate surface area is 292 Å². The number of esters is 1. The Bertz CT molecular complexity index is 2290. The van der Waals surface area contributed by atoms with E-state index in [9.17, 15) is 52.8 Å². The molecule has 0 aliphatic rings. The summed E-state index contributed by atoms with van der Waals surface area (Å²) in [6.45, 7) is 0. The lowest BCUT2D eigenvalue weighted by atomic mass is 9.99. The molecule has 11 nitrogen and oxygen atoms in total. The number of benzene rings is 4. The van der Waals surface area contributed by atoms with E-state index in [1.807, 2.05) is 0 Å². The zero-order chi connectivity index (χ0) is 38.5. The van der Waals surface area contributed by atoms with Crippen molar-refractivity contribution in [3.63, 3.8) is 0 Å². The molecule has 4 N–H and O–H groups in total. The van der Waals surface area contributed by atoms with Gasteiger partial charge < -0.3 is 4.74 Å². The van der Waals surface area contributed by atoms with E-state index in [4.69, 9.17) is 5.21 Å². The van der Waals surface area contributed by atoms with Crippen LogP contribution in [0, 0.1) is 0 Å². The second kappa shape index (κ2) is 15.3. The molecule has 0 spiro atoms. The number of ether oxygens (including phenoxy) is 1. The first-order chi connectivity index (χ1) is 24.2. The molecule has 4 aromatic rings. The van der Waals surface area contributed by atoms with Gasteiger partial charge in [-0.25, -0.2) is 27.1 Å².